The van der Waals surface area contributed by atoms with Gasteiger partial charge >= 0.3 is 5.97 Å². The highest BCUT2D eigenvalue weighted by Gasteiger charge is 2.33. The highest BCUT2D eigenvalue weighted by Crippen LogP contribution is 2.46. The van der Waals surface area contributed by atoms with Crippen LogP contribution >= 0.6 is 23.2 Å². The highest BCUT2D eigenvalue weighted by molar-refractivity contribution is 6.39. The normalized spacial score (nSPS) is 13.3. The van der Waals surface area contributed by atoms with Gasteiger partial charge in [0.2, 0.25) is 5.82 Å². The second kappa shape index (κ2) is 10.8. The summed E-state index contributed by atoms with van der Waals surface area (Å²) in [5.41, 5.74) is 2.92. The van der Waals surface area contributed by atoms with Crippen molar-refractivity contribution in [3.63, 3.8) is 0 Å². The molecule has 0 bridgehead atoms. The molecule has 36 heavy (non-hydrogen) atoms. The first-order valence-electron chi connectivity index (χ1n) is 11.3. The number of aromatic nitrogens is 3. The minimum atomic E-state index is -0.998. The molecule has 1 fully saturated rings. The summed E-state index contributed by atoms with van der Waals surface area (Å²) in [4.78, 5) is 15.3. The fourth-order valence-corrected chi connectivity index (χ4v) is 4.27. The molecule has 1 aliphatic carbocycles. The number of benzene rings is 2. The van der Waals surface area contributed by atoms with Gasteiger partial charge in [0.05, 0.1) is 35.4 Å². The van der Waals surface area contributed by atoms with Crippen LogP contribution in [-0.2, 0) is 22.7 Å². The molecule has 1 saturated carbocycles. The standard InChI is InChI=1S/C25H21Cl2N3O6/c26-18-2-1-3-19(27)21(18)22-17(23(36-29-22)14-4-5-14)12-33-10-11-34-13-20-28-24(30-35-20)15-6-8-16(9-7-15)25(31)32/h1-3,6-9,14H,4-5,10-13H2,(H,31,32). The van der Waals surface area contributed by atoms with Crippen molar-refractivity contribution in [3.8, 4) is 22.6 Å². The first-order valence-corrected chi connectivity index (χ1v) is 12.0. The van der Waals surface area contributed by atoms with Crippen LogP contribution in [0.15, 0.2) is 51.5 Å². The summed E-state index contributed by atoms with van der Waals surface area (Å²) in [5, 5.41) is 18.2. The molecular weight excluding hydrogens is 509 g/mol. The van der Waals surface area contributed by atoms with Crippen LogP contribution in [0.25, 0.3) is 22.6 Å². The molecule has 0 amide bonds. The maximum Gasteiger partial charge on any atom is 0.335 e. The van der Waals surface area contributed by atoms with Crippen LogP contribution in [0, 0.1) is 0 Å². The molecule has 2 heterocycles. The molecule has 5 rings (SSSR count). The number of carboxylic acid groups (broad SMARTS) is 1. The fourth-order valence-electron chi connectivity index (χ4n) is 3.69. The van der Waals surface area contributed by atoms with Gasteiger partial charge in [-0.25, -0.2) is 4.79 Å². The number of hydrogen-bond donors (Lipinski definition) is 1. The van der Waals surface area contributed by atoms with Gasteiger partial charge in [0, 0.05) is 22.6 Å². The summed E-state index contributed by atoms with van der Waals surface area (Å²) in [5.74, 6) is 0.819. The van der Waals surface area contributed by atoms with Crippen LogP contribution in [-0.4, -0.2) is 39.6 Å². The van der Waals surface area contributed by atoms with Gasteiger partial charge in [-0.05, 0) is 37.1 Å². The molecule has 0 radical (unpaired) electrons. The lowest BCUT2D eigenvalue weighted by atomic mass is 10.0. The van der Waals surface area contributed by atoms with E-state index in [0.717, 1.165) is 24.2 Å². The minimum absolute atomic E-state index is 0.116. The third kappa shape index (κ3) is 5.44. The van der Waals surface area contributed by atoms with Crippen molar-refractivity contribution in [1.82, 2.24) is 15.3 Å². The van der Waals surface area contributed by atoms with Crippen LogP contribution < -0.4 is 0 Å². The zero-order valence-corrected chi connectivity index (χ0v) is 20.5. The van der Waals surface area contributed by atoms with E-state index in [4.69, 9.17) is 46.8 Å². The zero-order valence-electron chi connectivity index (χ0n) is 18.9. The largest absolute Gasteiger partial charge is 0.478 e. The van der Waals surface area contributed by atoms with E-state index >= 15 is 0 Å². The third-order valence-corrected chi connectivity index (χ3v) is 6.30. The first-order chi connectivity index (χ1) is 17.5. The van der Waals surface area contributed by atoms with E-state index in [1.165, 1.54) is 12.1 Å². The number of aromatic carboxylic acids is 1. The summed E-state index contributed by atoms with van der Waals surface area (Å²) in [6.07, 6.45) is 2.10. The molecule has 2 aromatic carbocycles. The molecule has 0 unspecified atom stereocenters. The van der Waals surface area contributed by atoms with E-state index in [-0.39, 0.29) is 18.8 Å². The van der Waals surface area contributed by atoms with E-state index in [0.29, 0.717) is 57.7 Å². The third-order valence-electron chi connectivity index (χ3n) is 5.67. The number of halogens is 2. The molecular formula is C25H21Cl2N3O6. The van der Waals surface area contributed by atoms with Crippen LogP contribution in [0.5, 0.6) is 0 Å². The predicted octanol–water partition coefficient (Wildman–Crippen LogP) is 6.01. The number of hydrogen-bond acceptors (Lipinski definition) is 8. The quantitative estimate of drug-likeness (QED) is 0.233. The van der Waals surface area contributed by atoms with Crippen LogP contribution in [0.1, 0.15) is 46.3 Å². The Morgan fingerprint density at radius 2 is 1.67 bits per heavy atom. The van der Waals surface area contributed by atoms with E-state index < -0.39 is 5.97 Å². The van der Waals surface area contributed by atoms with Crippen molar-refractivity contribution in [2.45, 2.75) is 32.0 Å². The van der Waals surface area contributed by atoms with Crippen molar-refractivity contribution in [2.24, 2.45) is 0 Å². The lowest BCUT2D eigenvalue weighted by Crippen LogP contribution is -2.06. The summed E-state index contributed by atoms with van der Waals surface area (Å²) >= 11 is 12.8. The van der Waals surface area contributed by atoms with Gasteiger partial charge < -0.3 is 23.6 Å². The van der Waals surface area contributed by atoms with E-state index in [9.17, 15) is 4.79 Å². The fraction of sp³-hybridized carbons (Fsp3) is 0.280. The van der Waals surface area contributed by atoms with Gasteiger partial charge in [0.1, 0.15) is 18.1 Å². The molecule has 9 nitrogen and oxygen atoms in total. The molecule has 186 valence electrons. The zero-order chi connectivity index (χ0) is 25.1. The van der Waals surface area contributed by atoms with Crippen LogP contribution in [0.2, 0.25) is 10.0 Å². The SMILES string of the molecule is O=C(O)c1ccc(-c2noc(COCCOCc3c(-c4c(Cl)cccc4Cl)noc3C3CC3)n2)cc1. The Balaban J connectivity index is 1.14. The first kappa shape index (κ1) is 24.5. The second-order valence-electron chi connectivity index (χ2n) is 8.24. The van der Waals surface area contributed by atoms with Crippen molar-refractivity contribution in [1.29, 1.82) is 0 Å². The van der Waals surface area contributed by atoms with Gasteiger partial charge in [0.25, 0.3) is 5.89 Å². The maximum atomic E-state index is 11.0. The maximum absolute atomic E-state index is 11.0. The second-order valence-corrected chi connectivity index (χ2v) is 9.06. The van der Waals surface area contributed by atoms with E-state index in [1.54, 1.807) is 30.3 Å². The average Bonchev–Trinajstić information content (AvgIpc) is 3.46. The topological polar surface area (TPSA) is 121 Å². The predicted molar refractivity (Wildman–Crippen MR) is 130 cm³/mol. The molecule has 0 saturated heterocycles. The summed E-state index contributed by atoms with van der Waals surface area (Å²) in [6, 6.07) is 11.5. The molecule has 4 aromatic rings. The molecule has 2 aromatic heterocycles. The Morgan fingerprint density at radius 3 is 2.33 bits per heavy atom. The molecule has 1 N–H and O–H groups in total. The summed E-state index contributed by atoms with van der Waals surface area (Å²) in [6.45, 7) is 1.02. The van der Waals surface area contributed by atoms with E-state index in [1.807, 2.05) is 0 Å². The number of nitrogens with zero attached hydrogens (tertiary/aromatic N) is 3. The number of rotatable bonds is 11. The van der Waals surface area contributed by atoms with Crippen LogP contribution in [0.4, 0.5) is 0 Å². The lowest BCUT2D eigenvalue weighted by molar-refractivity contribution is 0.0253. The Kier molecular flexibility index (Phi) is 7.33. The lowest BCUT2D eigenvalue weighted by Gasteiger charge is -2.08. The number of ether oxygens (including phenoxy) is 2. The number of carbonyl (C=O) groups is 1. The number of carboxylic acids is 1. The van der Waals surface area contributed by atoms with E-state index in [2.05, 4.69) is 15.3 Å². The molecule has 0 atom stereocenters. The summed E-state index contributed by atoms with van der Waals surface area (Å²) in [7, 11) is 0. The van der Waals surface area contributed by atoms with Gasteiger partial charge in [-0.3, -0.25) is 0 Å². The Bertz CT molecular complexity index is 1340. The van der Waals surface area contributed by atoms with Crippen molar-refractivity contribution in [2.75, 3.05) is 13.2 Å². The monoisotopic (exact) mass is 529 g/mol. The van der Waals surface area contributed by atoms with Gasteiger partial charge in [-0.1, -0.05) is 51.7 Å². The molecule has 1 aliphatic rings. The Hall–Kier alpha value is -3.24. The van der Waals surface area contributed by atoms with Crippen molar-refractivity contribution >= 4 is 29.2 Å². The van der Waals surface area contributed by atoms with Crippen molar-refractivity contribution < 1.29 is 28.4 Å². The van der Waals surface area contributed by atoms with Crippen molar-refractivity contribution in [3.05, 3.63) is 75.3 Å². The van der Waals surface area contributed by atoms with Gasteiger partial charge in [-0.2, -0.15) is 4.98 Å². The van der Waals surface area contributed by atoms with Crippen LogP contribution in [0.3, 0.4) is 0 Å². The molecule has 11 heteroatoms. The Labute approximate surface area is 215 Å². The molecule has 0 aliphatic heterocycles. The highest BCUT2D eigenvalue weighted by atomic mass is 35.5. The van der Waals surface area contributed by atoms with Gasteiger partial charge in [-0.15, -0.1) is 0 Å². The minimum Gasteiger partial charge on any atom is -0.478 e. The smallest absolute Gasteiger partial charge is 0.335 e. The average molecular weight is 530 g/mol. The van der Waals surface area contributed by atoms with Gasteiger partial charge in [0.15, 0.2) is 0 Å². The summed E-state index contributed by atoms with van der Waals surface area (Å²) < 4.78 is 22.3. The molecule has 0 spiro atoms. The Morgan fingerprint density at radius 1 is 0.972 bits per heavy atom.